The zero-order valence-corrected chi connectivity index (χ0v) is 12.0. The summed E-state index contributed by atoms with van der Waals surface area (Å²) >= 11 is 11.6. The third kappa shape index (κ3) is 3.22. The van der Waals surface area contributed by atoms with Gasteiger partial charge in [0.15, 0.2) is 0 Å². The highest BCUT2D eigenvalue weighted by atomic mass is 35.5. The van der Waals surface area contributed by atoms with Crippen molar-refractivity contribution in [2.75, 3.05) is 5.73 Å². The summed E-state index contributed by atoms with van der Waals surface area (Å²) in [6.07, 6.45) is 0.328. The van der Waals surface area contributed by atoms with Crippen LogP contribution in [0.3, 0.4) is 0 Å². The summed E-state index contributed by atoms with van der Waals surface area (Å²) < 4.78 is 13.9. The second-order valence-electron chi connectivity index (χ2n) is 4.41. The molecule has 2 aromatic carbocycles. The fourth-order valence-corrected chi connectivity index (χ4v) is 2.42. The standard InChI is InChI=1S/C14H14Cl2FN3/c15-9-4-5-10(12(18)7-9)13(20-19)6-8-2-1-3-11(16)14(8)17/h1-5,7,13,20H,6,18-19H2. The lowest BCUT2D eigenvalue weighted by Crippen LogP contribution is -2.30. The number of nitrogen functional groups attached to an aromatic ring is 1. The number of rotatable bonds is 4. The highest BCUT2D eigenvalue weighted by Gasteiger charge is 2.17. The number of hydrazine groups is 1. The van der Waals surface area contributed by atoms with Crippen molar-refractivity contribution in [3.63, 3.8) is 0 Å². The molecule has 0 aliphatic rings. The first-order valence-corrected chi connectivity index (χ1v) is 6.72. The summed E-state index contributed by atoms with van der Waals surface area (Å²) in [7, 11) is 0. The van der Waals surface area contributed by atoms with Crippen LogP contribution in [0, 0.1) is 5.82 Å². The number of hydrogen-bond donors (Lipinski definition) is 3. The summed E-state index contributed by atoms with van der Waals surface area (Å²) in [4.78, 5) is 0. The monoisotopic (exact) mass is 313 g/mol. The first-order chi connectivity index (χ1) is 9.52. The van der Waals surface area contributed by atoms with Gasteiger partial charge in [-0.3, -0.25) is 11.3 Å². The van der Waals surface area contributed by atoms with Crippen LogP contribution in [0.2, 0.25) is 10.0 Å². The summed E-state index contributed by atoms with van der Waals surface area (Å²) in [6.45, 7) is 0. The molecule has 6 heteroatoms. The molecule has 1 atom stereocenters. The first-order valence-electron chi connectivity index (χ1n) is 5.97. The Morgan fingerprint density at radius 3 is 2.60 bits per heavy atom. The van der Waals surface area contributed by atoms with Gasteiger partial charge in [0.05, 0.1) is 11.1 Å². The number of halogens is 3. The summed E-state index contributed by atoms with van der Waals surface area (Å²) in [6, 6.07) is 9.64. The normalized spacial score (nSPS) is 12.4. The average Bonchev–Trinajstić information content (AvgIpc) is 2.41. The van der Waals surface area contributed by atoms with Crippen molar-refractivity contribution in [2.24, 2.45) is 5.84 Å². The summed E-state index contributed by atoms with van der Waals surface area (Å²) in [5, 5.41) is 0.623. The molecular weight excluding hydrogens is 300 g/mol. The molecule has 0 spiro atoms. The number of hydrogen-bond acceptors (Lipinski definition) is 3. The van der Waals surface area contributed by atoms with Gasteiger partial charge in [0.1, 0.15) is 5.82 Å². The molecule has 0 amide bonds. The van der Waals surface area contributed by atoms with E-state index in [1.807, 2.05) is 0 Å². The van der Waals surface area contributed by atoms with E-state index in [4.69, 9.17) is 34.8 Å². The van der Waals surface area contributed by atoms with Crippen molar-refractivity contribution in [1.82, 2.24) is 5.43 Å². The van der Waals surface area contributed by atoms with E-state index in [0.717, 1.165) is 5.56 Å². The largest absolute Gasteiger partial charge is 0.398 e. The molecule has 0 radical (unpaired) electrons. The van der Waals surface area contributed by atoms with Gasteiger partial charge in [0.2, 0.25) is 0 Å². The number of nitrogens with two attached hydrogens (primary N) is 2. The quantitative estimate of drug-likeness (QED) is 0.460. The lowest BCUT2D eigenvalue weighted by molar-refractivity contribution is 0.530. The molecule has 0 heterocycles. The minimum atomic E-state index is -0.443. The van der Waals surface area contributed by atoms with Gasteiger partial charge in [0.25, 0.3) is 0 Å². The Morgan fingerprint density at radius 1 is 1.20 bits per heavy atom. The van der Waals surface area contributed by atoms with Crippen LogP contribution in [-0.4, -0.2) is 0 Å². The van der Waals surface area contributed by atoms with Gasteiger partial charge in [-0.25, -0.2) is 4.39 Å². The molecule has 1 unspecified atom stereocenters. The van der Waals surface area contributed by atoms with Crippen molar-refractivity contribution in [2.45, 2.75) is 12.5 Å². The highest BCUT2D eigenvalue weighted by molar-refractivity contribution is 6.31. The second-order valence-corrected chi connectivity index (χ2v) is 5.25. The predicted molar refractivity (Wildman–Crippen MR) is 81.0 cm³/mol. The molecule has 3 nitrogen and oxygen atoms in total. The third-order valence-electron chi connectivity index (χ3n) is 3.08. The van der Waals surface area contributed by atoms with Gasteiger partial charge in [0, 0.05) is 10.7 Å². The number of anilines is 1. The maximum atomic E-state index is 13.9. The van der Waals surface area contributed by atoms with Gasteiger partial charge < -0.3 is 5.73 Å². The van der Waals surface area contributed by atoms with Crippen LogP contribution in [-0.2, 0) is 6.42 Å². The van der Waals surface area contributed by atoms with Crippen LogP contribution in [0.1, 0.15) is 17.2 Å². The summed E-state index contributed by atoms with van der Waals surface area (Å²) in [5.41, 5.74) is 10.3. The van der Waals surface area contributed by atoms with Gasteiger partial charge in [-0.2, -0.15) is 0 Å². The van der Waals surface area contributed by atoms with Gasteiger partial charge in [-0.05, 0) is 35.7 Å². The molecule has 0 aliphatic heterocycles. The molecule has 0 fully saturated rings. The molecule has 0 aromatic heterocycles. The Balaban J connectivity index is 2.31. The number of benzene rings is 2. The maximum absolute atomic E-state index is 13.9. The Bertz CT molecular complexity index is 619. The second kappa shape index (κ2) is 6.41. The fourth-order valence-electron chi connectivity index (χ4n) is 2.05. The van der Waals surface area contributed by atoms with Gasteiger partial charge in [-0.15, -0.1) is 0 Å². The number of nitrogens with one attached hydrogen (secondary N) is 1. The highest BCUT2D eigenvalue weighted by Crippen LogP contribution is 2.28. The smallest absolute Gasteiger partial charge is 0.145 e. The van der Waals surface area contributed by atoms with E-state index in [0.29, 0.717) is 22.7 Å². The van der Waals surface area contributed by atoms with Crippen LogP contribution in [0.15, 0.2) is 36.4 Å². The molecule has 2 aromatic rings. The topological polar surface area (TPSA) is 64.1 Å². The van der Waals surface area contributed by atoms with Gasteiger partial charge in [-0.1, -0.05) is 41.4 Å². The molecule has 5 N–H and O–H groups in total. The first kappa shape index (κ1) is 15.1. The van der Waals surface area contributed by atoms with Crippen LogP contribution < -0.4 is 17.0 Å². The predicted octanol–water partition coefficient (Wildman–Crippen LogP) is 3.46. The van der Waals surface area contributed by atoms with E-state index in [2.05, 4.69) is 5.43 Å². The Labute approximate surface area is 126 Å². The van der Waals surface area contributed by atoms with E-state index < -0.39 is 5.82 Å². The van der Waals surface area contributed by atoms with E-state index in [-0.39, 0.29) is 11.1 Å². The average molecular weight is 314 g/mol. The van der Waals surface area contributed by atoms with Crippen molar-refractivity contribution in [3.05, 3.63) is 63.4 Å². The van der Waals surface area contributed by atoms with Crippen LogP contribution in [0.5, 0.6) is 0 Å². The zero-order chi connectivity index (χ0) is 14.7. The Hall–Kier alpha value is -1.33. The van der Waals surface area contributed by atoms with E-state index in [9.17, 15) is 4.39 Å². The van der Waals surface area contributed by atoms with Crippen LogP contribution in [0.4, 0.5) is 10.1 Å². The Kier molecular flexibility index (Phi) is 4.83. The van der Waals surface area contributed by atoms with Crippen molar-refractivity contribution in [3.8, 4) is 0 Å². The lowest BCUT2D eigenvalue weighted by Gasteiger charge is -2.19. The molecule has 0 bridgehead atoms. The maximum Gasteiger partial charge on any atom is 0.145 e. The third-order valence-corrected chi connectivity index (χ3v) is 3.61. The minimum Gasteiger partial charge on any atom is -0.398 e. The lowest BCUT2D eigenvalue weighted by atomic mass is 9.98. The van der Waals surface area contributed by atoms with Gasteiger partial charge >= 0.3 is 0 Å². The van der Waals surface area contributed by atoms with Crippen molar-refractivity contribution in [1.29, 1.82) is 0 Å². The van der Waals surface area contributed by atoms with Crippen LogP contribution in [0.25, 0.3) is 0 Å². The molecule has 106 valence electrons. The molecule has 0 saturated heterocycles. The Morgan fingerprint density at radius 2 is 1.95 bits per heavy atom. The van der Waals surface area contributed by atoms with E-state index >= 15 is 0 Å². The van der Waals surface area contributed by atoms with E-state index in [1.165, 1.54) is 6.07 Å². The molecule has 0 aliphatic carbocycles. The molecule has 0 saturated carbocycles. The van der Waals surface area contributed by atoms with Crippen LogP contribution >= 0.6 is 23.2 Å². The molecule has 20 heavy (non-hydrogen) atoms. The summed E-state index contributed by atoms with van der Waals surface area (Å²) in [5.74, 6) is 5.11. The molecule has 2 rings (SSSR count). The molecular formula is C14H14Cl2FN3. The van der Waals surface area contributed by atoms with E-state index in [1.54, 1.807) is 30.3 Å². The zero-order valence-electron chi connectivity index (χ0n) is 10.5. The fraction of sp³-hybridized carbons (Fsp3) is 0.143. The SMILES string of the molecule is NNC(Cc1cccc(Cl)c1F)c1ccc(Cl)cc1N. The van der Waals surface area contributed by atoms with Crippen molar-refractivity contribution < 1.29 is 4.39 Å². The minimum absolute atomic E-state index is 0.0855. The van der Waals surface area contributed by atoms with Crippen molar-refractivity contribution >= 4 is 28.9 Å².